The molecule has 2 aromatic heterocycles. The van der Waals surface area contributed by atoms with Gasteiger partial charge in [0.15, 0.2) is 0 Å². The lowest BCUT2D eigenvalue weighted by Gasteiger charge is -2.23. The first-order valence-electron chi connectivity index (χ1n) is 6.37. The molecule has 0 aliphatic heterocycles. The minimum Gasteiger partial charge on any atom is -0.383 e. The Morgan fingerprint density at radius 1 is 1.39 bits per heavy atom. The van der Waals surface area contributed by atoms with Gasteiger partial charge in [-0.25, -0.2) is 9.97 Å². The predicted molar refractivity (Wildman–Crippen MR) is 74.0 cm³/mol. The van der Waals surface area contributed by atoms with Crippen LogP contribution in [-0.4, -0.2) is 14.5 Å². The third-order valence-corrected chi connectivity index (χ3v) is 3.33. The zero-order valence-corrected chi connectivity index (χ0v) is 11.2. The first-order valence-corrected chi connectivity index (χ1v) is 6.37. The number of pyridine rings is 1. The summed E-state index contributed by atoms with van der Waals surface area (Å²) in [5, 5.41) is 0. The molecular formula is C14H20N4. The van der Waals surface area contributed by atoms with Crippen molar-refractivity contribution in [2.24, 2.45) is 5.92 Å². The molecule has 0 saturated heterocycles. The zero-order chi connectivity index (χ0) is 13.1. The Bertz CT molecular complexity index is 516. The highest BCUT2D eigenvalue weighted by Gasteiger charge is 2.18. The Hall–Kier alpha value is -1.84. The van der Waals surface area contributed by atoms with Gasteiger partial charge in [-0.1, -0.05) is 20.8 Å². The summed E-state index contributed by atoms with van der Waals surface area (Å²) in [6, 6.07) is 4.32. The van der Waals surface area contributed by atoms with Crippen LogP contribution < -0.4 is 5.73 Å². The third-order valence-electron chi connectivity index (χ3n) is 3.33. The fraction of sp³-hybridized carbons (Fsp3) is 0.429. The largest absolute Gasteiger partial charge is 0.383 e. The van der Waals surface area contributed by atoms with Crippen molar-refractivity contribution in [3.63, 3.8) is 0 Å². The molecule has 2 rings (SSSR count). The number of imidazole rings is 1. The van der Waals surface area contributed by atoms with Crippen LogP contribution in [0.4, 0.5) is 5.82 Å². The van der Waals surface area contributed by atoms with E-state index in [1.54, 1.807) is 6.20 Å². The molecule has 4 heteroatoms. The van der Waals surface area contributed by atoms with E-state index in [1.165, 1.54) is 0 Å². The molecule has 1 atom stereocenters. The number of nitrogens with zero attached hydrogens (tertiary/aromatic N) is 3. The number of aromatic nitrogens is 3. The van der Waals surface area contributed by atoms with Gasteiger partial charge in [0.25, 0.3) is 0 Å². The summed E-state index contributed by atoms with van der Waals surface area (Å²) in [5.41, 5.74) is 7.94. The van der Waals surface area contributed by atoms with E-state index in [-0.39, 0.29) is 0 Å². The summed E-state index contributed by atoms with van der Waals surface area (Å²) in [4.78, 5) is 8.41. The van der Waals surface area contributed by atoms with Crippen molar-refractivity contribution in [1.29, 1.82) is 0 Å². The Balaban J connectivity index is 2.48. The number of hydrogen-bond acceptors (Lipinski definition) is 3. The van der Waals surface area contributed by atoms with Crippen LogP contribution in [0.2, 0.25) is 0 Å². The van der Waals surface area contributed by atoms with Crippen LogP contribution in [0.5, 0.6) is 0 Å². The SMILES string of the molecule is CCC(C(C)C)n1cncc1-c1cccnc1N. The second-order valence-electron chi connectivity index (χ2n) is 4.84. The van der Waals surface area contributed by atoms with Crippen molar-refractivity contribution < 1.29 is 0 Å². The molecule has 0 bridgehead atoms. The molecule has 4 nitrogen and oxygen atoms in total. The number of rotatable bonds is 4. The maximum absolute atomic E-state index is 5.95. The molecule has 0 amide bonds. The van der Waals surface area contributed by atoms with Crippen LogP contribution in [0, 0.1) is 5.92 Å². The standard InChI is InChI=1S/C14H20N4/c1-4-12(10(2)3)18-9-16-8-13(18)11-6-5-7-17-14(11)15/h5-10,12H,4H2,1-3H3,(H2,15,17). The fourth-order valence-corrected chi connectivity index (χ4v) is 2.40. The molecule has 0 aliphatic carbocycles. The zero-order valence-electron chi connectivity index (χ0n) is 11.2. The van der Waals surface area contributed by atoms with Crippen molar-refractivity contribution in [2.45, 2.75) is 33.2 Å². The van der Waals surface area contributed by atoms with Gasteiger partial charge in [0, 0.05) is 17.8 Å². The normalized spacial score (nSPS) is 12.9. The fourth-order valence-electron chi connectivity index (χ4n) is 2.40. The van der Waals surface area contributed by atoms with E-state index in [0.717, 1.165) is 17.7 Å². The van der Waals surface area contributed by atoms with Crippen LogP contribution in [0.3, 0.4) is 0 Å². The van der Waals surface area contributed by atoms with Gasteiger partial charge >= 0.3 is 0 Å². The number of nitrogen functional groups attached to an aromatic ring is 1. The number of nitrogens with two attached hydrogens (primary N) is 1. The Morgan fingerprint density at radius 3 is 2.78 bits per heavy atom. The van der Waals surface area contributed by atoms with E-state index in [9.17, 15) is 0 Å². The predicted octanol–water partition coefficient (Wildman–Crippen LogP) is 3.13. The minimum absolute atomic E-state index is 0.433. The van der Waals surface area contributed by atoms with Gasteiger partial charge in [-0.05, 0) is 24.5 Å². The van der Waals surface area contributed by atoms with Crippen LogP contribution in [0.1, 0.15) is 33.2 Å². The first-order chi connectivity index (χ1) is 8.65. The second kappa shape index (κ2) is 5.21. The number of hydrogen-bond donors (Lipinski definition) is 1. The van der Waals surface area contributed by atoms with Gasteiger partial charge in [-0.2, -0.15) is 0 Å². The molecule has 96 valence electrons. The van der Waals surface area contributed by atoms with Crippen molar-refractivity contribution in [1.82, 2.24) is 14.5 Å². The lowest BCUT2D eigenvalue weighted by molar-refractivity contribution is 0.368. The summed E-state index contributed by atoms with van der Waals surface area (Å²) in [6.07, 6.45) is 6.52. The van der Waals surface area contributed by atoms with Crippen LogP contribution >= 0.6 is 0 Å². The molecule has 0 radical (unpaired) electrons. The lowest BCUT2D eigenvalue weighted by Crippen LogP contribution is -2.14. The minimum atomic E-state index is 0.433. The molecule has 0 saturated carbocycles. The molecule has 0 fully saturated rings. The van der Waals surface area contributed by atoms with Crippen molar-refractivity contribution >= 4 is 5.82 Å². The summed E-state index contributed by atoms with van der Waals surface area (Å²) in [7, 11) is 0. The molecule has 2 N–H and O–H groups in total. The molecule has 0 aliphatic rings. The van der Waals surface area contributed by atoms with Gasteiger partial charge in [-0.15, -0.1) is 0 Å². The highest BCUT2D eigenvalue weighted by Crippen LogP contribution is 2.30. The molecule has 1 unspecified atom stereocenters. The third kappa shape index (κ3) is 2.23. The summed E-state index contributed by atoms with van der Waals surface area (Å²) in [6.45, 7) is 6.65. The maximum atomic E-state index is 5.95. The van der Waals surface area contributed by atoms with Crippen LogP contribution in [0.15, 0.2) is 30.9 Å². The molecular weight excluding hydrogens is 224 g/mol. The van der Waals surface area contributed by atoms with Gasteiger partial charge in [0.2, 0.25) is 0 Å². The first kappa shape index (κ1) is 12.6. The molecule has 2 aromatic rings. The van der Waals surface area contributed by atoms with E-state index < -0.39 is 0 Å². The van der Waals surface area contributed by atoms with E-state index >= 15 is 0 Å². The molecule has 0 aromatic carbocycles. The van der Waals surface area contributed by atoms with Crippen LogP contribution in [0.25, 0.3) is 11.3 Å². The maximum Gasteiger partial charge on any atom is 0.132 e. The molecule has 0 spiro atoms. The van der Waals surface area contributed by atoms with Crippen LogP contribution in [-0.2, 0) is 0 Å². The summed E-state index contributed by atoms with van der Waals surface area (Å²) in [5.74, 6) is 1.11. The van der Waals surface area contributed by atoms with Gasteiger partial charge in [0.1, 0.15) is 5.82 Å². The lowest BCUT2D eigenvalue weighted by atomic mass is 10.0. The monoisotopic (exact) mass is 244 g/mol. The molecule has 2 heterocycles. The quantitative estimate of drug-likeness (QED) is 0.899. The van der Waals surface area contributed by atoms with E-state index in [2.05, 4.69) is 35.3 Å². The highest BCUT2D eigenvalue weighted by atomic mass is 15.1. The summed E-state index contributed by atoms with van der Waals surface area (Å²) >= 11 is 0. The van der Waals surface area contributed by atoms with Crippen molar-refractivity contribution in [2.75, 3.05) is 5.73 Å². The highest BCUT2D eigenvalue weighted by molar-refractivity contribution is 5.70. The van der Waals surface area contributed by atoms with Gasteiger partial charge in [-0.3, -0.25) is 0 Å². The number of anilines is 1. The van der Waals surface area contributed by atoms with E-state index in [1.807, 2.05) is 24.7 Å². The van der Waals surface area contributed by atoms with Gasteiger partial charge in [0.05, 0.1) is 18.2 Å². The van der Waals surface area contributed by atoms with Crippen molar-refractivity contribution in [3.8, 4) is 11.3 Å². The smallest absolute Gasteiger partial charge is 0.132 e. The Labute approximate surface area is 108 Å². The van der Waals surface area contributed by atoms with E-state index in [0.29, 0.717) is 17.8 Å². The Kier molecular flexibility index (Phi) is 3.65. The average Bonchev–Trinajstić information content (AvgIpc) is 2.79. The van der Waals surface area contributed by atoms with Gasteiger partial charge < -0.3 is 10.3 Å². The summed E-state index contributed by atoms with van der Waals surface area (Å²) < 4.78 is 2.21. The Morgan fingerprint density at radius 2 is 2.17 bits per heavy atom. The topological polar surface area (TPSA) is 56.7 Å². The molecule has 18 heavy (non-hydrogen) atoms. The second-order valence-corrected chi connectivity index (χ2v) is 4.84. The van der Waals surface area contributed by atoms with E-state index in [4.69, 9.17) is 5.73 Å². The average molecular weight is 244 g/mol. The van der Waals surface area contributed by atoms with Crippen molar-refractivity contribution in [3.05, 3.63) is 30.9 Å².